The number of amides is 1. The Labute approximate surface area is 93.2 Å². The monoisotopic (exact) mass is 219 g/mol. The lowest BCUT2D eigenvalue weighted by atomic mass is 10.1. The van der Waals surface area contributed by atoms with Gasteiger partial charge in [0.2, 0.25) is 0 Å². The minimum atomic E-state index is -0.194. The standard InChI is InChI=1S/C12H13NO3/c1-9(7-10-4-6-15-8-10)13-12(14)11-3-2-5-16-11/h2-6,8-9H,7H2,1H3,(H,13,14). The predicted molar refractivity (Wildman–Crippen MR) is 58.0 cm³/mol. The van der Waals surface area contributed by atoms with E-state index in [1.54, 1.807) is 24.7 Å². The van der Waals surface area contributed by atoms with Gasteiger partial charge in [-0.3, -0.25) is 4.79 Å². The van der Waals surface area contributed by atoms with E-state index in [9.17, 15) is 4.79 Å². The number of nitrogens with one attached hydrogen (secondary N) is 1. The van der Waals surface area contributed by atoms with E-state index in [4.69, 9.17) is 8.83 Å². The highest BCUT2D eigenvalue weighted by Crippen LogP contribution is 2.05. The lowest BCUT2D eigenvalue weighted by Gasteiger charge is -2.11. The minimum Gasteiger partial charge on any atom is -0.472 e. The molecule has 1 unspecified atom stereocenters. The van der Waals surface area contributed by atoms with Crippen molar-refractivity contribution >= 4 is 5.91 Å². The maximum atomic E-state index is 11.6. The van der Waals surface area contributed by atoms with Crippen molar-refractivity contribution in [3.8, 4) is 0 Å². The van der Waals surface area contributed by atoms with Gasteiger partial charge < -0.3 is 14.2 Å². The number of carbonyl (C=O) groups excluding carboxylic acids is 1. The van der Waals surface area contributed by atoms with E-state index >= 15 is 0 Å². The third kappa shape index (κ3) is 2.53. The highest BCUT2D eigenvalue weighted by molar-refractivity contribution is 5.91. The Hall–Kier alpha value is -1.97. The number of furan rings is 2. The van der Waals surface area contributed by atoms with Crippen LogP contribution in [0.5, 0.6) is 0 Å². The van der Waals surface area contributed by atoms with Crippen LogP contribution in [0.3, 0.4) is 0 Å². The average molecular weight is 219 g/mol. The number of hydrogen-bond donors (Lipinski definition) is 1. The van der Waals surface area contributed by atoms with Crippen LogP contribution >= 0.6 is 0 Å². The fourth-order valence-electron chi connectivity index (χ4n) is 1.52. The molecule has 0 aliphatic heterocycles. The van der Waals surface area contributed by atoms with Crippen molar-refractivity contribution in [3.05, 3.63) is 48.3 Å². The molecule has 0 bridgehead atoms. The molecule has 0 saturated heterocycles. The van der Waals surface area contributed by atoms with Gasteiger partial charge in [-0.05, 0) is 37.1 Å². The Morgan fingerprint density at radius 1 is 1.44 bits per heavy atom. The quantitative estimate of drug-likeness (QED) is 0.857. The van der Waals surface area contributed by atoms with Crippen LogP contribution in [0, 0.1) is 0 Å². The van der Waals surface area contributed by atoms with E-state index < -0.39 is 0 Å². The van der Waals surface area contributed by atoms with Crippen molar-refractivity contribution in [2.24, 2.45) is 0 Å². The second-order valence-corrected chi connectivity index (χ2v) is 3.69. The van der Waals surface area contributed by atoms with Crippen molar-refractivity contribution in [1.82, 2.24) is 5.32 Å². The molecule has 0 spiro atoms. The van der Waals surface area contributed by atoms with Crippen LogP contribution in [0.15, 0.2) is 45.8 Å². The molecule has 1 amide bonds. The summed E-state index contributed by atoms with van der Waals surface area (Å²) in [5.74, 6) is 0.139. The van der Waals surface area contributed by atoms with Crippen LogP contribution in [-0.4, -0.2) is 11.9 Å². The Kier molecular flexibility index (Phi) is 3.10. The van der Waals surface area contributed by atoms with Gasteiger partial charge in [-0.2, -0.15) is 0 Å². The van der Waals surface area contributed by atoms with Gasteiger partial charge in [0.25, 0.3) is 5.91 Å². The van der Waals surface area contributed by atoms with Crippen LogP contribution in [0.25, 0.3) is 0 Å². The third-order valence-electron chi connectivity index (χ3n) is 2.24. The van der Waals surface area contributed by atoms with E-state index in [1.165, 1.54) is 6.26 Å². The highest BCUT2D eigenvalue weighted by atomic mass is 16.3. The van der Waals surface area contributed by atoms with Gasteiger partial charge >= 0.3 is 0 Å². The van der Waals surface area contributed by atoms with E-state index in [0.29, 0.717) is 5.76 Å². The van der Waals surface area contributed by atoms with Gasteiger partial charge in [0.15, 0.2) is 5.76 Å². The zero-order chi connectivity index (χ0) is 11.4. The highest BCUT2D eigenvalue weighted by Gasteiger charge is 2.12. The normalized spacial score (nSPS) is 12.3. The number of hydrogen-bond acceptors (Lipinski definition) is 3. The summed E-state index contributed by atoms with van der Waals surface area (Å²) < 4.78 is 9.96. The summed E-state index contributed by atoms with van der Waals surface area (Å²) in [6.45, 7) is 1.94. The lowest BCUT2D eigenvalue weighted by molar-refractivity contribution is 0.0912. The zero-order valence-electron chi connectivity index (χ0n) is 8.97. The SMILES string of the molecule is CC(Cc1ccoc1)NC(=O)c1ccco1. The summed E-state index contributed by atoms with van der Waals surface area (Å²) in [5.41, 5.74) is 1.06. The van der Waals surface area contributed by atoms with Crippen LogP contribution in [0.2, 0.25) is 0 Å². The largest absolute Gasteiger partial charge is 0.472 e. The molecule has 0 aromatic carbocycles. The molecule has 0 fully saturated rings. The molecule has 4 heteroatoms. The second-order valence-electron chi connectivity index (χ2n) is 3.69. The minimum absolute atomic E-state index is 0.0372. The molecule has 1 N–H and O–H groups in total. The topological polar surface area (TPSA) is 55.4 Å². The Bertz CT molecular complexity index is 431. The first kappa shape index (κ1) is 10.5. The first-order valence-corrected chi connectivity index (χ1v) is 5.11. The molecule has 2 aromatic rings. The molecule has 0 radical (unpaired) electrons. The van der Waals surface area contributed by atoms with E-state index in [0.717, 1.165) is 12.0 Å². The van der Waals surface area contributed by atoms with Crippen molar-refractivity contribution in [1.29, 1.82) is 0 Å². The first-order valence-electron chi connectivity index (χ1n) is 5.11. The molecular formula is C12H13NO3. The average Bonchev–Trinajstić information content (AvgIpc) is 2.88. The van der Waals surface area contributed by atoms with Crippen LogP contribution in [0.4, 0.5) is 0 Å². The molecule has 4 nitrogen and oxygen atoms in total. The Morgan fingerprint density at radius 2 is 2.31 bits per heavy atom. The van der Waals surface area contributed by atoms with E-state index in [-0.39, 0.29) is 11.9 Å². The summed E-state index contributed by atoms with van der Waals surface area (Å²) in [5, 5.41) is 2.85. The van der Waals surface area contributed by atoms with Gasteiger partial charge in [-0.1, -0.05) is 0 Å². The lowest BCUT2D eigenvalue weighted by Crippen LogP contribution is -2.33. The molecule has 84 valence electrons. The molecule has 16 heavy (non-hydrogen) atoms. The van der Waals surface area contributed by atoms with Gasteiger partial charge in [0, 0.05) is 6.04 Å². The Morgan fingerprint density at radius 3 is 2.94 bits per heavy atom. The van der Waals surface area contributed by atoms with Crippen molar-refractivity contribution in [2.75, 3.05) is 0 Å². The summed E-state index contributed by atoms with van der Waals surface area (Å²) in [4.78, 5) is 11.6. The summed E-state index contributed by atoms with van der Waals surface area (Å²) in [6, 6.07) is 5.25. The summed E-state index contributed by atoms with van der Waals surface area (Å²) >= 11 is 0. The molecule has 2 rings (SSSR count). The van der Waals surface area contributed by atoms with Gasteiger partial charge in [0.05, 0.1) is 18.8 Å². The second kappa shape index (κ2) is 4.70. The first-order chi connectivity index (χ1) is 7.75. The smallest absolute Gasteiger partial charge is 0.287 e. The molecule has 0 aliphatic rings. The van der Waals surface area contributed by atoms with Gasteiger partial charge in [-0.15, -0.1) is 0 Å². The predicted octanol–water partition coefficient (Wildman–Crippen LogP) is 2.23. The zero-order valence-corrected chi connectivity index (χ0v) is 8.97. The summed E-state index contributed by atoms with van der Waals surface area (Å²) in [7, 11) is 0. The molecule has 2 aromatic heterocycles. The summed E-state index contributed by atoms with van der Waals surface area (Å²) in [6.07, 6.45) is 5.52. The number of carbonyl (C=O) groups is 1. The maximum absolute atomic E-state index is 11.6. The molecule has 0 aliphatic carbocycles. The van der Waals surface area contributed by atoms with E-state index in [2.05, 4.69) is 5.32 Å². The molecule has 0 saturated carbocycles. The molecule has 1 atom stereocenters. The third-order valence-corrected chi connectivity index (χ3v) is 2.24. The number of rotatable bonds is 4. The van der Waals surface area contributed by atoms with Crippen LogP contribution in [-0.2, 0) is 6.42 Å². The van der Waals surface area contributed by atoms with Crippen molar-refractivity contribution < 1.29 is 13.6 Å². The van der Waals surface area contributed by atoms with E-state index in [1.807, 2.05) is 13.0 Å². The van der Waals surface area contributed by atoms with Gasteiger partial charge in [0.1, 0.15) is 0 Å². The Balaban J connectivity index is 1.88. The van der Waals surface area contributed by atoms with Gasteiger partial charge in [-0.25, -0.2) is 0 Å². The fourth-order valence-corrected chi connectivity index (χ4v) is 1.52. The van der Waals surface area contributed by atoms with Crippen molar-refractivity contribution in [2.45, 2.75) is 19.4 Å². The van der Waals surface area contributed by atoms with Crippen LogP contribution < -0.4 is 5.32 Å². The molecular weight excluding hydrogens is 206 g/mol. The fraction of sp³-hybridized carbons (Fsp3) is 0.250. The van der Waals surface area contributed by atoms with Crippen molar-refractivity contribution in [3.63, 3.8) is 0 Å². The molecule has 2 heterocycles. The van der Waals surface area contributed by atoms with Crippen LogP contribution in [0.1, 0.15) is 23.0 Å². The maximum Gasteiger partial charge on any atom is 0.287 e.